The molecule has 10 heteroatoms. The number of morpholine rings is 1. The lowest BCUT2D eigenvalue weighted by molar-refractivity contribution is -0.134. The van der Waals surface area contributed by atoms with Crippen molar-refractivity contribution in [1.82, 2.24) is 4.90 Å². The first-order chi connectivity index (χ1) is 15.3. The molecule has 0 unspecified atom stereocenters. The fraction of sp³-hybridized carbons (Fsp3) is 0.227. The topological polar surface area (TPSA) is 75.7 Å². The summed E-state index contributed by atoms with van der Waals surface area (Å²) in [6.45, 7) is 2.14. The third-order valence-corrected chi connectivity index (χ3v) is 8.02. The van der Waals surface area contributed by atoms with Crippen molar-refractivity contribution < 1.29 is 17.9 Å². The van der Waals surface area contributed by atoms with Crippen LogP contribution >= 0.6 is 34.5 Å². The Morgan fingerprint density at radius 2 is 1.69 bits per heavy atom. The Hall–Kier alpha value is -2.10. The third-order valence-electron chi connectivity index (χ3n) is 5.11. The van der Waals surface area contributed by atoms with Crippen LogP contribution in [0.1, 0.15) is 5.56 Å². The van der Waals surface area contributed by atoms with E-state index in [2.05, 4.69) is 4.72 Å². The summed E-state index contributed by atoms with van der Waals surface area (Å²) in [7, 11) is -3.82. The lowest BCUT2D eigenvalue weighted by Gasteiger charge is -2.26. The Kier molecular flexibility index (Phi) is 7.07. The number of ether oxygens (including phenoxy) is 1. The fourth-order valence-electron chi connectivity index (χ4n) is 3.34. The van der Waals surface area contributed by atoms with E-state index in [1.807, 2.05) is 6.07 Å². The van der Waals surface area contributed by atoms with E-state index in [1.54, 1.807) is 39.9 Å². The third kappa shape index (κ3) is 5.27. The molecule has 3 aromatic rings. The van der Waals surface area contributed by atoms with E-state index in [1.165, 1.54) is 23.5 Å². The summed E-state index contributed by atoms with van der Waals surface area (Å²) >= 11 is 13.4. The number of nitrogens with zero attached hydrogens (tertiary/aromatic N) is 1. The number of hydrogen-bond acceptors (Lipinski definition) is 5. The van der Waals surface area contributed by atoms with E-state index in [0.717, 1.165) is 11.1 Å². The first-order valence-corrected chi connectivity index (χ1v) is 13.0. The van der Waals surface area contributed by atoms with Gasteiger partial charge in [-0.3, -0.25) is 9.52 Å². The molecule has 2 aromatic carbocycles. The second kappa shape index (κ2) is 9.80. The van der Waals surface area contributed by atoms with Crippen molar-refractivity contribution in [3.63, 3.8) is 0 Å². The maximum absolute atomic E-state index is 12.9. The van der Waals surface area contributed by atoms with Crippen molar-refractivity contribution in [2.24, 2.45) is 0 Å². The van der Waals surface area contributed by atoms with Gasteiger partial charge in [0.25, 0.3) is 10.0 Å². The van der Waals surface area contributed by atoms with Crippen LogP contribution < -0.4 is 4.72 Å². The van der Waals surface area contributed by atoms with Crippen molar-refractivity contribution in [2.45, 2.75) is 11.3 Å². The maximum Gasteiger partial charge on any atom is 0.261 e. The van der Waals surface area contributed by atoms with Crippen molar-refractivity contribution in [1.29, 1.82) is 0 Å². The molecule has 4 rings (SSSR count). The Balaban J connectivity index is 1.48. The minimum atomic E-state index is -3.82. The first-order valence-electron chi connectivity index (χ1n) is 9.82. The molecule has 168 valence electrons. The Bertz CT molecular complexity index is 1220. The highest BCUT2D eigenvalue weighted by Gasteiger charge is 2.21. The molecule has 0 spiro atoms. The number of carbonyl (C=O) groups excluding carboxylic acids is 1. The van der Waals surface area contributed by atoms with Gasteiger partial charge in [0.2, 0.25) is 5.91 Å². The van der Waals surface area contributed by atoms with Crippen LogP contribution in [0.15, 0.2) is 58.1 Å². The molecule has 2 heterocycles. The summed E-state index contributed by atoms with van der Waals surface area (Å²) in [6.07, 6.45) is 0.137. The zero-order valence-electron chi connectivity index (χ0n) is 16.9. The molecule has 1 N–H and O–H groups in total. The number of thiophene rings is 1. The van der Waals surface area contributed by atoms with Crippen molar-refractivity contribution in [2.75, 3.05) is 31.0 Å². The largest absolute Gasteiger partial charge is 0.378 e. The molecule has 1 aromatic heterocycles. The van der Waals surface area contributed by atoms with Gasteiger partial charge in [-0.05, 0) is 46.3 Å². The quantitative estimate of drug-likeness (QED) is 0.510. The zero-order valence-corrected chi connectivity index (χ0v) is 20.0. The Morgan fingerprint density at radius 1 is 1.00 bits per heavy atom. The van der Waals surface area contributed by atoms with Crippen LogP contribution in [-0.2, 0) is 26.0 Å². The number of carbonyl (C=O) groups is 1. The van der Waals surface area contributed by atoms with Crippen LogP contribution in [0.3, 0.4) is 0 Å². The molecule has 1 amide bonds. The minimum Gasteiger partial charge on any atom is -0.378 e. The predicted molar refractivity (Wildman–Crippen MR) is 128 cm³/mol. The summed E-state index contributed by atoms with van der Waals surface area (Å²) in [4.78, 5) is 14.4. The van der Waals surface area contributed by atoms with Crippen molar-refractivity contribution in [3.8, 4) is 11.1 Å². The highest BCUT2D eigenvalue weighted by molar-refractivity contribution is 7.92. The van der Waals surface area contributed by atoms with Crippen molar-refractivity contribution >= 4 is 56.2 Å². The molecule has 0 aliphatic carbocycles. The molecule has 1 aliphatic rings. The summed E-state index contributed by atoms with van der Waals surface area (Å²) in [5, 5.41) is 4.38. The highest BCUT2D eigenvalue weighted by Crippen LogP contribution is 2.30. The molecule has 1 saturated heterocycles. The van der Waals surface area contributed by atoms with E-state index in [-0.39, 0.29) is 17.2 Å². The van der Waals surface area contributed by atoms with Gasteiger partial charge < -0.3 is 9.64 Å². The molecule has 0 bridgehead atoms. The number of anilines is 1. The van der Waals surface area contributed by atoms with Gasteiger partial charge in [-0.1, -0.05) is 41.4 Å². The van der Waals surface area contributed by atoms with E-state index in [0.29, 0.717) is 47.6 Å². The Morgan fingerprint density at radius 3 is 2.38 bits per heavy atom. The van der Waals surface area contributed by atoms with E-state index < -0.39 is 10.0 Å². The van der Waals surface area contributed by atoms with Crippen LogP contribution in [0.25, 0.3) is 11.1 Å². The number of benzene rings is 2. The molecule has 0 saturated carbocycles. The number of hydrogen-bond donors (Lipinski definition) is 1. The van der Waals surface area contributed by atoms with Crippen LogP contribution in [-0.4, -0.2) is 45.5 Å². The smallest absolute Gasteiger partial charge is 0.261 e. The molecule has 1 fully saturated rings. The Labute approximate surface area is 200 Å². The molecular weight excluding hydrogens is 491 g/mol. The summed E-state index contributed by atoms with van der Waals surface area (Å²) in [5.41, 5.74) is 2.72. The summed E-state index contributed by atoms with van der Waals surface area (Å²) in [5.74, 6) is -0.0434. The molecule has 0 radical (unpaired) electrons. The molecule has 1 aliphatic heterocycles. The maximum atomic E-state index is 12.9. The van der Waals surface area contributed by atoms with Crippen molar-refractivity contribution in [3.05, 3.63) is 68.8 Å². The van der Waals surface area contributed by atoms with Gasteiger partial charge in [0.05, 0.1) is 40.3 Å². The molecule has 32 heavy (non-hydrogen) atoms. The minimum absolute atomic E-state index is 0.0434. The number of nitrogens with one attached hydrogen (secondary N) is 1. The number of sulfonamides is 1. The molecular formula is C22H20Cl2N2O4S2. The first kappa shape index (κ1) is 23.1. The monoisotopic (exact) mass is 510 g/mol. The lowest BCUT2D eigenvalue weighted by Crippen LogP contribution is -2.41. The van der Waals surface area contributed by atoms with Gasteiger partial charge in [0.15, 0.2) is 0 Å². The second-order valence-corrected chi connectivity index (χ2v) is 10.5. The van der Waals surface area contributed by atoms with Gasteiger partial charge >= 0.3 is 0 Å². The average Bonchev–Trinajstić information content (AvgIpc) is 3.22. The standard InChI is InChI=1S/C22H20Cl2N2O4S2/c23-19-6-3-16(11-20(19)24)15-1-4-18(5-2-15)32(28,29)25-21-14-31-13-17(21)12-22(27)26-7-9-30-10-8-26/h1-6,11,13-14,25H,7-10,12H2. The zero-order chi connectivity index (χ0) is 22.7. The van der Waals surface area contributed by atoms with E-state index in [4.69, 9.17) is 27.9 Å². The predicted octanol–water partition coefficient (Wildman–Crippen LogP) is 4.92. The van der Waals surface area contributed by atoms with E-state index in [9.17, 15) is 13.2 Å². The average molecular weight is 511 g/mol. The second-order valence-electron chi connectivity index (χ2n) is 7.24. The van der Waals surface area contributed by atoms with Crippen LogP contribution in [0, 0.1) is 0 Å². The molecule has 6 nitrogen and oxygen atoms in total. The highest BCUT2D eigenvalue weighted by atomic mass is 35.5. The van der Waals surface area contributed by atoms with Gasteiger partial charge in [-0.25, -0.2) is 8.42 Å². The van der Waals surface area contributed by atoms with E-state index >= 15 is 0 Å². The summed E-state index contributed by atoms with van der Waals surface area (Å²) < 4.78 is 33.7. The SMILES string of the molecule is O=C(Cc1cscc1NS(=O)(=O)c1ccc(-c2ccc(Cl)c(Cl)c2)cc1)N1CCOCC1. The van der Waals surface area contributed by atoms with Crippen LogP contribution in [0.4, 0.5) is 5.69 Å². The lowest BCUT2D eigenvalue weighted by atomic mass is 10.1. The fourth-order valence-corrected chi connectivity index (χ4v) is 5.60. The molecule has 0 atom stereocenters. The normalized spacial score (nSPS) is 14.4. The number of amides is 1. The number of halogens is 2. The van der Waals surface area contributed by atoms with Gasteiger partial charge in [-0.15, -0.1) is 11.3 Å². The van der Waals surface area contributed by atoms with Gasteiger partial charge in [0, 0.05) is 18.5 Å². The number of rotatable bonds is 6. The van der Waals surface area contributed by atoms with Crippen LogP contribution in [0.2, 0.25) is 10.0 Å². The van der Waals surface area contributed by atoms with Gasteiger partial charge in [0.1, 0.15) is 0 Å². The van der Waals surface area contributed by atoms with Gasteiger partial charge in [-0.2, -0.15) is 0 Å². The summed E-state index contributed by atoms with van der Waals surface area (Å²) in [6, 6.07) is 11.7. The van der Waals surface area contributed by atoms with Crippen LogP contribution in [0.5, 0.6) is 0 Å².